The van der Waals surface area contributed by atoms with Crippen molar-refractivity contribution in [2.75, 3.05) is 7.11 Å². The van der Waals surface area contributed by atoms with Gasteiger partial charge in [-0.1, -0.05) is 6.92 Å². The molecule has 4 aliphatic rings. The average molecular weight is 278 g/mol. The fraction of sp³-hybridized carbons (Fsp3) is 0.667. The van der Waals surface area contributed by atoms with Crippen LogP contribution in [0.15, 0.2) is 11.6 Å². The lowest BCUT2D eigenvalue weighted by molar-refractivity contribution is -0.199. The monoisotopic (exact) mass is 278 g/mol. The Labute approximate surface area is 117 Å². The number of rotatable bonds is 1. The standard InChI is InChI=1S/C15H18O5/c1-7-4-9(16)6-10-12(7)11-5-8(2)15(10,13(17)19-3)14(18)20-11/h5,7,10-12H,4,6H2,1-3H3/t7-,10-,11?,12+,15?/m1/s1. The van der Waals surface area contributed by atoms with Crippen LogP contribution >= 0.6 is 0 Å². The zero-order chi connectivity index (χ0) is 14.7. The van der Waals surface area contributed by atoms with Crippen molar-refractivity contribution < 1.29 is 23.9 Å². The minimum absolute atomic E-state index is 0.0215. The number of esters is 2. The normalized spacial score (nSPS) is 42.6. The first kappa shape index (κ1) is 13.3. The summed E-state index contributed by atoms with van der Waals surface area (Å²) in [5.74, 6) is -1.26. The Bertz CT molecular complexity index is 534. The number of ketones is 1. The third kappa shape index (κ3) is 1.41. The van der Waals surface area contributed by atoms with E-state index in [-0.39, 0.29) is 36.1 Å². The van der Waals surface area contributed by atoms with Gasteiger partial charge >= 0.3 is 11.9 Å². The van der Waals surface area contributed by atoms with E-state index in [1.165, 1.54) is 7.11 Å². The second kappa shape index (κ2) is 4.17. The summed E-state index contributed by atoms with van der Waals surface area (Å²) in [5, 5.41) is 0. The van der Waals surface area contributed by atoms with E-state index in [0.29, 0.717) is 12.0 Å². The van der Waals surface area contributed by atoms with Gasteiger partial charge in [0.25, 0.3) is 0 Å². The highest BCUT2D eigenvalue weighted by Gasteiger charge is 2.67. The average Bonchev–Trinajstić information content (AvgIpc) is 2.36. The summed E-state index contributed by atoms with van der Waals surface area (Å²) in [6.07, 6.45) is 2.27. The maximum absolute atomic E-state index is 12.4. The van der Waals surface area contributed by atoms with Crippen LogP contribution in [-0.4, -0.2) is 30.9 Å². The van der Waals surface area contributed by atoms with Crippen molar-refractivity contribution in [3.63, 3.8) is 0 Å². The number of carbonyl (C=O) groups is 3. The highest BCUT2D eigenvalue weighted by atomic mass is 16.6. The van der Waals surface area contributed by atoms with Crippen molar-refractivity contribution in [2.45, 2.75) is 32.8 Å². The number of fused-ring (bicyclic) bond motifs is 1. The Morgan fingerprint density at radius 1 is 1.40 bits per heavy atom. The molecular weight excluding hydrogens is 260 g/mol. The SMILES string of the molecule is COC(=O)C12C(=O)OC(C=C1C)[C@H]1[C@H](C)CC(=O)C[C@H]12. The zero-order valence-electron chi connectivity index (χ0n) is 11.8. The Morgan fingerprint density at radius 3 is 2.70 bits per heavy atom. The minimum atomic E-state index is -1.42. The van der Waals surface area contributed by atoms with E-state index in [1.807, 2.05) is 13.0 Å². The summed E-state index contributed by atoms with van der Waals surface area (Å²) >= 11 is 0. The molecule has 2 heterocycles. The van der Waals surface area contributed by atoms with E-state index in [2.05, 4.69) is 0 Å². The summed E-state index contributed by atoms with van der Waals surface area (Å²) in [6, 6.07) is 0. The summed E-state index contributed by atoms with van der Waals surface area (Å²) in [4.78, 5) is 36.7. The van der Waals surface area contributed by atoms with Crippen LogP contribution in [0.4, 0.5) is 0 Å². The first-order valence-electron chi connectivity index (χ1n) is 6.93. The van der Waals surface area contributed by atoms with E-state index in [1.54, 1.807) is 6.92 Å². The van der Waals surface area contributed by atoms with Gasteiger partial charge in [-0.15, -0.1) is 0 Å². The highest BCUT2D eigenvalue weighted by Crippen LogP contribution is 2.57. The number of carbonyl (C=O) groups excluding carboxylic acids is 3. The molecule has 0 spiro atoms. The van der Waals surface area contributed by atoms with Gasteiger partial charge in [-0.3, -0.25) is 14.4 Å². The fourth-order valence-electron chi connectivity index (χ4n) is 4.33. The fourth-order valence-corrected chi connectivity index (χ4v) is 4.33. The lowest BCUT2D eigenvalue weighted by Crippen LogP contribution is -2.63. The van der Waals surface area contributed by atoms with Crippen LogP contribution in [0.3, 0.4) is 0 Å². The number of methoxy groups -OCH3 is 1. The maximum atomic E-state index is 12.4. The zero-order valence-corrected chi connectivity index (χ0v) is 11.8. The Hall–Kier alpha value is -1.65. The Kier molecular flexibility index (Phi) is 2.78. The molecule has 2 aliphatic carbocycles. The first-order chi connectivity index (χ1) is 9.42. The molecule has 0 aromatic rings. The van der Waals surface area contributed by atoms with Gasteiger partial charge in [0.2, 0.25) is 0 Å². The Balaban J connectivity index is 2.18. The van der Waals surface area contributed by atoms with E-state index in [4.69, 9.17) is 9.47 Å². The predicted molar refractivity (Wildman–Crippen MR) is 68.5 cm³/mol. The Morgan fingerprint density at radius 2 is 2.10 bits per heavy atom. The topological polar surface area (TPSA) is 69.7 Å². The highest BCUT2D eigenvalue weighted by molar-refractivity contribution is 6.06. The molecular formula is C15H18O5. The van der Waals surface area contributed by atoms with Crippen molar-refractivity contribution in [3.05, 3.63) is 11.6 Å². The van der Waals surface area contributed by atoms with Crippen molar-refractivity contribution in [3.8, 4) is 0 Å². The van der Waals surface area contributed by atoms with Crippen LogP contribution in [-0.2, 0) is 23.9 Å². The van der Waals surface area contributed by atoms with Gasteiger partial charge in [-0.2, -0.15) is 0 Å². The van der Waals surface area contributed by atoms with Crippen LogP contribution in [0.25, 0.3) is 0 Å². The van der Waals surface area contributed by atoms with Gasteiger partial charge < -0.3 is 9.47 Å². The molecule has 108 valence electrons. The molecule has 5 atom stereocenters. The third-order valence-corrected chi connectivity index (χ3v) is 5.16. The van der Waals surface area contributed by atoms with Crippen LogP contribution < -0.4 is 0 Å². The lowest BCUT2D eigenvalue weighted by atomic mass is 9.52. The van der Waals surface area contributed by atoms with Crippen LogP contribution in [0.1, 0.15) is 26.7 Å². The molecule has 0 N–H and O–H groups in total. The molecule has 1 saturated carbocycles. The molecule has 4 rings (SSSR count). The largest absolute Gasteiger partial charge is 0.468 e. The lowest BCUT2D eigenvalue weighted by Gasteiger charge is -2.54. The van der Waals surface area contributed by atoms with Gasteiger partial charge in [0.15, 0.2) is 5.41 Å². The smallest absolute Gasteiger partial charge is 0.328 e. The predicted octanol–water partition coefficient (Wildman–Crippen LogP) is 1.26. The molecule has 2 fully saturated rings. The quantitative estimate of drug-likeness (QED) is 0.410. The van der Waals surface area contributed by atoms with Gasteiger partial charge in [0.1, 0.15) is 11.9 Å². The van der Waals surface area contributed by atoms with Crippen LogP contribution in [0.5, 0.6) is 0 Å². The first-order valence-corrected chi connectivity index (χ1v) is 6.93. The summed E-state index contributed by atoms with van der Waals surface area (Å²) in [6.45, 7) is 3.74. The molecule has 2 aliphatic heterocycles. The van der Waals surface area contributed by atoms with E-state index in [9.17, 15) is 14.4 Å². The van der Waals surface area contributed by atoms with Crippen molar-refractivity contribution in [2.24, 2.45) is 23.2 Å². The molecule has 20 heavy (non-hydrogen) atoms. The minimum Gasteiger partial charge on any atom is -0.468 e. The van der Waals surface area contributed by atoms with E-state index in [0.717, 1.165) is 0 Å². The molecule has 0 radical (unpaired) electrons. The molecule has 0 aromatic carbocycles. The van der Waals surface area contributed by atoms with Gasteiger partial charge in [-0.05, 0) is 24.5 Å². The number of hydrogen-bond acceptors (Lipinski definition) is 5. The summed E-state index contributed by atoms with van der Waals surface area (Å²) in [7, 11) is 1.27. The molecule has 1 saturated heterocycles. The maximum Gasteiger partial charge on any atom is 0.328 e. The van der Waals surface area contributed by atoms with Gasteiger partial charge in [0.05, 0.1) is 7.11 Å². The summed E-state index contributed by atoms with van der Waals surface area (Å²) in [5.41, 5.74) is -0.757. The number of ether oxygens (including phenoxy) is 2. The van der Waals surface area contributed by atoms with Crippen molar-refractivity contribution in [1.82, 2.24) is 0 Å². The van der Waals surface area contributed by atoms with Gasteiger partial charge in [0, 0.05) is 24.7 Å². The third-order valence-electron chi connectivity index (χ3n) is 5.16. The van der Waals surface area contributed by atoms with E-state index < -0.39 is 17.4 Å². The second-order valence-corrected chi connectivity index (χ2v) is 6.13. The number of Topliss-reactive ketones (excluding diaryl/α,β-unsaturated/α-hetero) is 1. The molecule has 5 heteroatoms. The molecule has 2 bridgehead atoms. The summed E-state index contributed by atoms with van der Waals surface area (Å²) < 4.78 is 10.3. The van der Waals surface area contributed by atoms with Crippen LogP contribution in [0, 0.1) is 23.2 Å². The van der Waals surface area contributed by atoms with E-state index >= 15 is 0 Å². The molecule has 5 nitrogen and oxygen atoms in total. The molecule has 0 amide bonds. The second-order valence-electron chi connectivity index (χ2n) is 6.13. The van der Waals surface area contributed by atoms with Crippen molar-refractivity contribution in [1.29, 1.82) is 0 Å². The van der Waals surface area contributed by atoms with Crippen LogP contribution in [0.2, 0.25) is 0 Å². The number of hydrogen-bond donors (Lipinski definition) is 0. The van der Waals surface area contributed by atoms with Gasteiger partial charge in [-0.25, -0.2) is 0 Å². The molecule has 2 unspecified atom stereocenters. The molecule has 0 aromatic heterocycles. The van der Waals surface area contributed by atoms with Crippen molar-refractivity contribution >= 4 is 17.7 Å².